The van der Waals surface area contributed by atoms with E-state index in [-0.39, 0.29) is 0 Å². The highest BCUT2D eigenvalue weighted by molar-refractivity contribution is 5.70. The molecule has 0 spiro atoms. The predicted octanol–water partition coefficient (Wildman–Crippen LogP) is 2.43. The Morgan fingerprint density at radius 3 is 3.23 bits per heavy atom. The summed E-state index contributed by atoms with van der Waals surface area (Å²) in [7, 11) is 0. The van der Waals surface area contributed by atoms with E-state index in [2.05, 4.69) is 23.2 Å². The van der Waals surface area contributed by atoms with Gasteiger partial charge in [-0.1, -0.05) is 18.2 Å². The molecule has 0 fully saturated rings. The highest BCUT2D eigenvalue weighted by atomic mass is 16.5. The molecule has 0 saturated carbocycles. The number of ether oxygens (including phenoxy) is 1. The van der Waals surface area contributed by atoms with Crippen LogP contribution in [-0.4, -0.2) is 0 Å². The van der Waals surface area contributed by atoms with Gasteiger partial charge in [0.15, 0.2) is 5.75 Å². The van der Waals surface area contributed by atoms with Gasteiger partial charge in [-0.3, -0.25) is 0 Å². The molecule has 2 nitrogen and oxygen atoms in total. The second kappa shape index (κ2) is 2.39. The molecule has 2 aliphatic rings. The first-order valence-corrected chi connectivity index (χ1v) is 4.35. The zero-order valence-electron chi connectivity index (χ0n) is 7.10. The lowest BCUT2D eigenvalue weighted by atomic mass is 10.0. The van der Waals surface area contributed by atoms with Crippen molar-refractivity contribution in [3.05, 3.63) is 48.5 Å². The number of rotatable bonds is 0. The molecule has 0 aliphatic carbocycles. The van der Waals surface area contributed by atoms with Crippen LogP contribution in [0.1, 0.15) is 5.56 Å². The normalized spacial score (nSPS) is 16.8. The van der Waals surface area contributed by atoms with E-state index in [0.717, 1.165) is 12.2 Å². The van der Waals surface area contributed by atoms with Gasteiger partial charge >= 0.3 is 0 Å². The molecule has 0 unspecified atom stereocenters. The van der Waals surface area contributed by atoms with E-state index in [9.17, 15) is 0 Å². The first kappa shape index (κ1) is 6.78. The molecule has 2 heteroatoms. The number of allylic oxidation sites excluding steroid dienone is 1. The fraction of sp³-hybridized carbons (Fsp3) is 0.0909. The molecule has 2 heterocycles. The molecule has 0 atom stereocenters. The summed E-state index contributed by atoms with van der Waals surface area (Å²) in [6, 6.07) is 6.16. The van der Waals surface area contributed by atoms with Gasteiger partial charge in [-0.2, -0.15) is 0 Å². The molecule has 0 amide bonds. The summed E-state index contributed by atoms with van der Waals surface area (Å²) in [5.74, 6) is 0.948. The molecule has 2 aliphatic heterocycles. The van der Waals surface area contributed by atoms with Crippen LogP contribution >= 0.6 is 0 Å². The molecule has 0 radical (unpaired) electrons. The Kier molecular flexibility index (Phi) is 1.25. The Labute approximate surface area is 76.7 Å². The number of hydrogen-bond donors (Lipinski definition) is 0. The second-order valence-corrected chi connectivity index (χ2v) is 3.16. The van der Waals surface area contributed by atoms with Crippen molar-refractivity contribution >= 4 is 5.69 Å². The highest BCUT2D eigenvalue weighted by Gasteiger charge is 2.18. The number of para-hydroxylation sites is 1. The summed E-state index contributed by atoms with van der Waals surface area (Å²) in [6.45, 7) is 0. The quantitative estimate of drug-likeness (QED) is 0.594. The molecule has 13 heavy (non-hydrogen) atoms. The number of hydrogen-bond acceptors (Lipinski definition) is 2. The predicted molar refractivity (Wildman–Crippen MR) is 51.5 cm³/mol. The minimum Gasteiger partial charge on any atom is -0.461 e. The van der Waals surface area contributed by atoms with Crippen molar-refractivity contribution in [2.75, 3.05) is 4.90 Å². The second-order valence-electron chi connectivity index (χ2n) is 3.16. The third-order valence-electron chi connectivity index (χ3n) is 2.36. The van der Waals surface area contributed by atoms with Crippen LogP contribution in [0, 0.1) is 0 Å². The largest absolute Gasteiger partial charge is 0.461 e. The van der Waals surface area contributed by atoms with Gasteiger partial charge in [-0.05, 0) is 18.1 Å². The third kappa shape index (κ3) is 0.886. The van der Waals surface area contributed by atoms with E-state index in [0.29, 0.717) is 0 Å². The Bertz CT molecular complexity index is 372. The van der Waals surface area contributed by atoms with Crippen molar-refractivity contribution in [1.29, 1.82) is 0 Å². The van der Waals surface area contributed by atoms with Crippen molar-refractivity contribution in [2.45, 2.75) is 6.42 Å². The fourth-order valence-electron chi connectivity index (χ4n) is 1.78. The zero-order valence-corrected chi connectivity index (χ0v) is 7.10. The molecule has 0 bridgehead atoms. The van der Waals surface area contributed by atoms with Crippen molar-refractivity contribution in [1.82, 2.24) is 0 Å². The van der Waals surface area contributed by atoms with Gasteiger partial charge in [0.05, 0.1) is 5.69 Å². The first-order valence-electron chi connectivity index (χ1n) is 4.35. The lowest BCUT2D eigenvalue weighted by Crippen LogP contribution is -2.17. The molecule has 1 aromatic carbocycles. The molecular weight excluding hydrogens is 162 g/mol. The van der Waals surface area contributed by atoms with Crippen LogP contribution in [-0.2, 0) is 6.42 Å². The van der Waals surface area contributed by atoms with E-state index in [1.807, 2.05) is 18.3 Å². The van der Waals surface area contributed by atoms with Crippen LogP contribution in [0.4, 0.5) is 5.69 Å². The maximum atomic E-state index is 5.41. The lowest BCUT2D eigenvalue weighted by Gasteiger charge is -2.27. The molecule has 64 valence electrons. The van der Waals surface area contributed by atoms with Crippen molar-refractivity contribution in [3.8, 4) is 5.75 Å². The summed E-state index contributed by atoms with van der Waals surface area (Å²) < 4.78 is 5.41. The van der Waals surface area contributed by atoms with Crippen LogP contribution in [0.5, 0.6) is 5.75 Å². The van der Waals surface area contributed by atoms with Gasteiger partial charge in [0.2, 0.25) is 0 Å². The number of anilines is 1. The first-order chi connectivity index (χ1) is 6.45. The average molecular weight is 171 g/mol. The molecular formula is C11H9NO. The summed E-state index contributed by atoms with van der Waals surface area (Å²) >= 11 is 0. The summed E-state index contributed by atoms with van der Waals surface area (Å²) in [4.78, 5) is 2.09. The van der Waals surface area contributed by atoms with Gasteiger partial charge in [0, 0.05) is 12.4 Å². The zero-order chi connectivity index (χ0) is 8.67. The van der Waals surface area contributed by atoms with Crippen LogP contribution < -0.4 is 9.64 Å². The van der Waals surface area contributed by atoms with Crippen molar-refractivity contribution < 1.29 is 4.74 Å². The molecule has 1 aromatic rings. The van der Waals surface area contributed by atoms with Crippen LogP contribution in [0.3, 0.4) is 0 Å². The Morgan fingerprint density at radius 2 is 2.23 bits per heavy atom. The van der Waals surface area contributed by atoms with Gasteiger partial charge < -0.3 is 9.64 Å². The van der Waals surface area contributed by atoms with Gasteiger partial charge in [0.25, 0.3) is 0 Å². The molecule has 0 N–H and O–H groups in total. The van der Waals surface area contributed by atoms with E-state index in [1.165, 1.54) is 11.3 Å². The molecule has 0 saturated heterocycles. The summed E-state index contributed by atoms with van der Waals surface area (Å²) in [5, 5.41) is 0. The number of benzene rings is 1. The maximum absolute atomic E-state index is 5.41. The van der Waals surface area contributed by atoms with E-state index >= 15 is 0 Å². The number of nitrogens with zero attached hydrogens (tertiary/aromatic N) is 1. The van der Waals surface area contributed by atoms with Crippen molar-refractivity contribution in [2.24, 2.45) is 0 Å². The van der Waals surface area contributed by atoms with Gasteiger partial charge in [0.1, 0.15) is 6.26 Å². The smallest absolute Gasteiger partial charge is 0.150 e. The van der Waals surface area contributed by atoms with Crippen LogP contribution in [0.2, 0.25) is 0 Å². The van der Waals surface area contributed by atoms with Gasteiger partial charge in [-0.15, -0.1) is 0 Å². The minimum atomic E-state index is 0.948. The topological polar surface area (TPSA) is 12.5 Å². The summed E-state index contributed by atoms with van der Waals surface area (Å²) in [5.41, 5.74) is 2.51. The van der Waals surface area contributed by atoms with E-state index in [1.54, 1.807) is 6.26 Å². The van der Waals surface area contributed by atoms with Crippen molar-refractivity contribution in [3.63, 3.8) is 0 Å². The average Bonchev–Trinajstić information content (AvgIpc) is 2.19. The standard InChI is InChI=1S/C11H9NO/c1-3-9-4-2-6-12-7-8-13-10(5-1)11(9)12/h1-3,5-8H,4H2. The van der Waals surface area contributed by atoms with E-state index < -0.39 is 0 Å². The van der Waals surface area contributed by atoms with Crippen LogP contribution in [0.15, 0.2) is 42.9 Å². The molecule has 3 rings (SSSR count). The lowest BCUT2D eigenvalue weighted by molar-refractivity contribution is 0.471. The minimum absolute atomic E-state index is 0.948. The summed E-state index contributed by atoms with van der Waals surface area (Å²) in [6.07, 6.45) is 8.87. The van der Waals surface area contributed by atoms with Gasteiger partial charge in [-0.25, -0.2) is 0 Å². The Morgan fingerprint density at radius 1 is 1.23 bits per heavy atom. The maximum Gasteiger partial charge on any atom is 0.150 e. The molecule has 0 aromatic heterocycles. The Hall–Kier alpha value is -1.70. The monoisotopic (exact) mass is 171 g/mol. The third-order valence-corrected chi connectivity index (χ3v) is 2.36. The van der Waals surface area contributed by atoms with E-state index in [4.69, 9.17) is 4.74 Å². The highest BCUT2D eigenvalue weighted by Crippen LogP contribution is 2.37. The Balaban J connectivity index is 2.27. The van der Waals surface area contributed by atoms with Crippen LogP contribution in [0.25, 0.3) is 0 Å². The SMILES string of the molecule is C1=CN2C=COc3cccc(c32)C1. The fourth-order valence-corrected chi connectivity index (χ4v) is 1.78.